The Morgan fingerprint density at radius 1 is 1.05 bits per heavy atom. The molecule has 21 heavy (non-hydrogen) atoms. The molecule has 0 fully saturated rings. The number of amides is 2. The minimum absolute atomic E-state index is 0.00182. The topological polar surface area (TPSA) is 80.3 Å². The number of hydrogen-bond donors (Lipinski definition) is 2. The van der Waals surface area contributed by atoms with Gasteiger partial charge in [0.05, 0.1) is 0 Å². The van der Waals surface area contributed by atoms with Crippen LogP contribution in [0.15, 0.2) is 48.7 Å². The van der Waals surface area contributed by atoms with Crippen molar-refractivity contribution in [2.45, 2.75) is 0 Å². The number of benzene rings is 1. The van der Waals surface area contributed by atoms with Crippen LogP contribution in [0.25, 0.3) is 0 Å². The first-order chi connectivity index (χ1) is 10.2. The zero-order chi connectivity index (χ0) is 15.1. The van der Waals surface area contributed by atoms with Gasteiger partial charge in [-0.2, -0.15) is 0 Å². The van der Waals surface area contributed by atoms with E-state index in [1.165, 1.54) is 7.11 Å². The minimum atomic E-state index is -0.285. The zero-order valence-corrected chi connectivity index (χ0v) is 11.5. The first-order valence-corrected chi connectivity index (χ1v) is 6.30. The smallest absolute Gasteiger partial charge is 0.274 e. The Kier molecular flexibility index (Phi) is 5.00. The Balaban J connectivity index is 1.96. The van der Waals surface area contributed by atoms with Gasteiger partial charge in [0.1, 0.15) is 12.3 Å². The van der Waals surface area contributed by atoms with E-state index in [-0.39, 0.29) is 18.4 Å². The van der Waals surface area contributed by atoms with Crippen molar-refractivity contribution in [1.29, 1.82) is 0 Å². The third-order valence-corrected chi connectivity index (χ3v) is 2.60. The molecular formula is C15H15N3O3. The van der Waals surface area contributed by atoms with Crippen LogP contribution in [0.4, 0.5) is 11.4 Å². The summed E-state index contributed by atoms with van der Waals surface area (Å²) in [6, 6.07) is 11.9. The van der Waals surface area contributed by atoms with Crippen molar-refractivity contribution in [3.05, 3.63) is 54.4 Å². The zero-order valence-electron chi connectivity index (χ0n) is 11.5. The molecule has 2 amide bonds. The Labute approximate surface area is 122 Å². The Morgan fingerprint density at radius 2 is 1.71 bits per heavy atom. The number of anilines is 2. The highest BCUT2D eigenvalue weighted by Crippen LogP contribution is 2.14. The molecule has 0 spiro atoms. The Morgan fingerprint density at radius 3 is 2.29 bits per heavy atom. The van der Waals surface area contributed by atoms with Gasteiger partial charge in [-0.15, -0.1) is 0 Å². The summed E-state index contributed by atoms with van der Waals surface area (Å²) in [6.45, 7) is -0.00182. The lowest BCUT2D eigenvalue weighted by molar-refractivity contribution is -0.119. The van der Waals surface area contributed by atoms with Crippen molar-refractivity contribution in [3.63, 3.8) is 0 Å². The van der Waals surface area contributed by atoms with Gasteiger partial charge in [-0.05, 0) is 36.4 Å². The first-order valence-electron chi connectivity index (χ1n) is 6.30. The van der Waals surface area contributed by atoms with Crippen molar-refractivity contribution >= 4 is 23.2 Å². The highest BCUT2D eigenvalue weighted by atomic mass is 16.5. The molecule has 1 aromatic carbocycles. The molecule has 1 aromatic heterocycles. The van der Waals surface area contributed by atoms with Crippen molar-refractivity contribution in [3.8, 4) is 0 Å². The van der Waals surface area contributed by atoms with E-state index in [0.29, 0.717) is 17.1 Å². The Hall–Kier alpha value is -2.73. The van der Waals surface area contributed by atoms with Crippen molar-refractivity contribution in [2.75, 3.05) is 24.4 Å². The number of rotatable bonds is 5. The lowest BCUT2D eigenvalue weighted by atomic mass is 10.2. The molecule has 0 bridgehead atoms. The van der Waals surface area contributed by atoms with Crippen LogP contribution in [0.5, 0.6) is 0 Å². The van der Waals surface area contributed by atoms with E-state index in [1.54, 1.807) is 48.7 Å². The second-order valence-corrected chi connectivity index (χ2v) is 4.23. The maximum Gasteiger partial charge on any atom is 0.274 e. The van der Waals surface area contributed by atoms with Gasteiger partial charge in [-0.3, -0.25) is 14.6 Å². The summed E-state index contributed by atoms with van der Waals surface area (Å²) in [6.07, 6.45) is 1.56. The van der Waals surface area contributed by atoms with Gasteiger partial charge in [0.2, 0.25) is 5.91 Å². The molecule has 2 N–H and O–H groups in total. The molecule has 0 unspecified atom stereocenters. The average molecular weight is 285 g/mol. The quantitative estimate of drug-likeness (QED) is 0.879. The molecule has 0 saturated carbocycles. The molecule has 108 valence electrons. The number of ether oxygens (including phenoxy) is 1. The van der Waals surface area contributed by atoms with Gasteiger partial charge in [-0.1, -0.05) is 6.07 Å². The highest BCUT2D eigenvalue weighted by molar-refractivity contribution is 6.03. The third-order valence-electron chi connectivity index (χ3n) is 2.60. The van der Waals surface area contributed by atoms with E-state index in [1.807, 2.05) is 0 Å². The molecule has 0 radical (unpaired) electrons. The standard InChI is InChI=1S/C15H15N3O3/c1-21-10-14(19)17-11-5-7-12(8-6-11)18-15(20)13-4-2-3-9-16-13/h2-9H,10H2,1H3,(H,17,19)(H,18,20). The average Bonchev–Trinajstić information content (AvgIpc) is 2.50. The fourth-order valence-electron chi connectivity index (χ4n) is 1.66. The third kappa shape index (κ3) is 4.39. The fraction of sp³-hybridized carbons (Fsp3) is 0.133. The number of carbonyl (C=O) groups is 2. The molecular weight excluding hydrogens is 270 g/mol. The van der Waals surface area contributed by atoms with Crippen LogP contribution in [0.1, 0.15) is 10.5 Å². The number of aromatic nitrogens is 1. The van der Waals surface area contributed by atoms with Crippen LogP contribution >= 0.6 is 0 Å². The normalized spacial score (nSPS) is 9.95. The molecule has 6 heteroatoms. The van der Waals surface area contributed by atoms with Gasteiger partial charge >= 0.3 is 0 Å². The summed E-state index contributed by atoms with van der Waals surface area (Å²) in [7, 11) is 1.45. The summed E-state index contributed by atoms with van der Waals surface area (Å²) in [5.41, 5.74) is 1.60. The molecule has 2 rings (SSSR count). The number of pyridine rings is 1. The molecule has 0 aliphatic rings. The number of nitrogens with one attached hydrogen (secondary N) is 2. The second kappa shape index (κ2) is 7.16. The fourth-order valence-corrected chi connectivity index (χ4v) is 1.66. The number of carbonyl (C=O) groups excluding carboxylic acids is 2. The number of nitrogens with zero attached hydrogens (tertiary/aromatic N) is 1. The van der Waals surface area contributed by atoms with Crippen LogP contribution in [0.3, 0.4) is 0 Å². The molecule has 0 atom stereocenters. The summed E-state index contributed by atoms with van der Waals surface area (Å²) in [5, 5.41) is 5.39. The van der Waals surface area contributed by atoms with Crippen LogP contribution in [0.2, 0.25) is 0 Å². The van der Waals surface area contributed by atoms with Crippen molar-refractivity contribution in [1.82, 2.24) is 4.98 Å². The summed E-state index contributed by atoms with van der Waals surface area (Å²) >= 11 is 0. The predicted octanol–water partition coefficient (Wildman–Crippen LogP) is 1.92. The van der Waals surface area contributed by atoms with Crippen molar-refractivity contribution in [2.24, 2.45) is 0 Å². The SMILES string of the molecule is COCC(=O)Nc1ccc(NC(=O)c2ccccn2)cc1. The van der Waals surface area contributed by atoms with E-state index in [4.69, 9.17) is 4.74 Å². The lowest BCUT2D eigenvalue weighted by Gasteiger charge is -2.07. The maximum atomic E-state index is 11.9. The first kappa shape index (κ1) is 14.7. The van der Waals surface area contributed by atoms with Gasteiger partial charge in [-0.25, -0.2) is 0 Å². The number of methoxy groups -OCH3 is 1. The van der Waals surface area contributed by atoms with Gasteiger partial charge in [0.15, 0.2) is 0 Å². The minimum Gasteiger partial charge on any atom is -0.375 e. The monoisotopic (exact) mass is 285 g/mol. The summed E-state index contributed by atoms with van der Waals surface area (Å²) in [5.74, 6) is -0.519. The van der Waals surface area contributed by atoms with Crippen molar-refractivity contribution < 1.29 is 14.3 Å². The van der Waals surface area contributed by atoms with E-state index in [0.717, 1.165) is 0 Å². The molecule has 0 aliphatic heterocycles. The van der Waals surface area contributed by atoms with Gasteiger partial charge in [0, 0.05) is 24.7 Å². The molecule has 2 aromatic rings. The summed E-state index contributed by atoms with van der Waals surface area (Å²) in [4.78, 5) is 27.2. The molecule has 0 saturated heterocycles. The Bertz CT molecular complexity index is 612. The highest BCUT2D eigenvalue weighted by Gasteiger charge is 2.07. The molecule has 1 heterocycles. The van der Waals surface area contributed by atoms with Crippen LogP contribution in [-0.2, 0) is 9.53 Å². The number of hydrogen-bond acceptors (Lipinski definition) is 4. The lowest BCUT2D eigenvalue weighted by Crippen LogP contribution is -2.17. The van der Waals surface area contributed by atoms with E-state index in [2.05, 4.69) is 15.6 Å². The summed E-state index contributed by atoms with van der Waals surface area (Å²) < 4.78 is 4.73. The maximum absolute atomic E-state index is 11.9. The van der Waals surface area contributed by atoms with E-state index in [9.17, 15) is 9.59 Å². The van der Waals surface area contributed by atoms with Crippen LogP contribution < -0.4 is 10.6 Å². The molecule has 6 nitrogen and oxygen atoms in total. The van der Waals surface area contributed by atoms with Crippen LogP contribution in [0, 0.1) is 0 Å². The van der Waals surface area contributed by atoms with E-state index >= 15 is 0 Å². The van der Waals surface area contributed by atoms with Gasteiger partial charge in [0.25, 0.3) is 5.91 Å². The van der Waals surface area contributed by atoms with E-state index < -0.39 is 0 Å². The van der Waals surface area contributed by atoms with Crippen LogP contribution in [-0.4, -0.2) is 30.5 Å². The molecule has 0 aliphatic carbocycles. The second-order valence-electron chi connectivity index (χ2n) is 4.23. The predicted molar refractivity (Wildman–Crippen MR) is 79.1 cm³/mol. The van der Waals surface area contributed by atoms with Gasteiger partial charge < -0.3 is 15.4 Å². The largest absolute Gasteiger partial charge is 0.375 e.